The molecule has 0 saturated heterocycles. The van der Waals surface area contributed by atoms with Gasteiger partial charge in [-0.3, -0.25) is 0 Å². The van der Waals surface area contributed by atoms with Crippen molar-refractivity contribution in [3.63, 3.8) is 0 Å². The van der Waals surface area contributed by atoms with E-state index in [2.05, 4.69) is 5.73 Å². The molecule has 1 fully saturated rings. The van der Waals surface area contributed by atoms with Crippen molar-refractivity contribution >= 4 is 0 Å². The van der Waals surface area contributed by atoms with Crippen LogP contribution in [0.2, 0.25) is 0 Å². The first-order valence-corrected chi connectivity index (χ1v) is 2.72. The maximum Gasteiger partial charge on any atom is 0.0843 e. The van der Waals surface area contributed by atoms with Crippen LogP contribution in [0.15, 0.2) is 0 Å². The maximum absolute atomic E-state index is 3.94. The Labute approximate surface area is 62.8 Å². The van der Waals surface area contributed by atoms with Gasteiger partial charge in [0.25, 0.3) is 0 Å². The van der Waals surface area contributed by atoms with Gasteiger partial charge in [0.2, 0.25) is 0 Å². The zero-order chi connectivity index (χ0) is 4.41. The molecule has 0 atom stereocenters. The lowest BCUT2D eigenvalue weighted by atomic mass is 10.3. The van der Waals surface area contributed by atoms with Crippen LogP contribution >= 0.6 is 0 Å². The van der Waals surface area contributed by atoms with Crippen molar-refractivity contribution in [1.29, 1.82) is 0 Å². The summed E-state index contributed by atoms with van der Waals surface area (Å²) in [5.74, 6) is 0. The molecule has 0 aromatic carbocycles. The molecule has 1 saturated carbocycles. The maximum atomic E-state index is 3.94. The van der Waals surface area contributed by atoms with Gasteiger partial charge in [-0.25, -0.2) is 0 Å². The van der Waals surface area contributed by atoms with Crippen molar-refractivity contribution < 1.29 is 30.5 Å². The molecule has 0 unspecified atom stereocenters. The highest BCUT2D eigenvalue weighted by atomic mass is 35.5. The lowest BCUT2D eigenvalue weighted by Gasteiger charge is -1.88. The largest absolute Gasteiger partial charge is 1.00 e. The van der Waals surface area contributed by atoms with Crippen LogP contribution in [-0.4, -0.2) is 6.04 Å². The van der Waals surface area contributed by atoms with E-state index < -0.39 is 0 Å². The molecule has 8 heavy (non-hydrogen) atoms. The second-order valence-corrected chi connectivity index (χ2v) is 2.15. The van der Waals surface area contributed by atoms with Crippen molar-refractivity contribution in [3.05, 3.63) is 0 Å². The number of hydrogen-bond acceptors (Lipinski definition) is 0. The Hall–Kier alpha value is 0.540. The molecule has 1 aliphatic carbocycles. The molecule has 0 bridgehead atoms. The third-order valence-corrected chi connectivity index (χ3v) is 1.47. The highest BCUT2D eigenvalue weighted by molar-refractivity contribution is 4.61. The van der Waals surface area contributed by atoms with Crippen molar-refractivity contribution in [3.8, 4) is 0 Å². The lowest BCUT2D eigenvalue weighted by molar-refractivity contribution is -0.417. The first kappa shape index (κ1) is 11.4. The molecule has 1 aliphatic rings. The molecular formula is C5H12Cl2N-. The predicted molar refractivity (Wildman–Crippen MR) is 25.1 cm³/mol. The number of halogens is 2. The Morgan fingerprint density at radius 1 is 1.00 bits per heavy atom. The average Bonchev–Trinajstić information content (AvgIpc) is 1.86. The Kier molecular flexibility index (Phi) is 8.05. The summed E-state index contributed by atoms with van der Waals surface area (Å²) >= 11 is 0. The zero-order valence-corrected chi connectivity index (χ0v) is 6.38. The number of rotatable bonds is 0. The topological polar surface area (TPSA) is 27.6 Å². The second-order valence-electron chi connectivity index (χ2n) is 2.15. The second kappa shape index (κ2) is 5.67. The first-order valence-electron chi connectivity index (χ1n) is 2.72. The van der Waals surface area contributed by atoms with Crippen molar-refractivity contribution in [2.24, 2.45) is 0 Å². The standard InChI is InChI=1S/C5H11N.2ClH/c6-5-3-1-2-4-5;;/h5H,1-4,6H2;2*1H/p-1. The Bertz CT molecular complexity index is 43.7. The molecule has 0 aromatic heterocycles. The molecule has 0 radical (unpaired) electrons. The molecule has 1 rings (SSSR count). The summed E-state index contributed by atoms with van der Waals surface area (Å²) < 4.78 is 0. The highest BCUT2D eigenvalue weighted by Crippen LogP contribution is 2.13. The van der Waals surface area contributed by atoms with Gasteiger partial charge in [0.15, 0.2) is 0 Å². The summed E-state index contributed by atoms with van der Waals surface area (Å²) in [5, 5.41) is 0. The van der Waals surface area contributed by atoms with Crippen LogP contribution in [0, 0.1) is 0 Å². The van der Waals surface area contributed by atoms with Crippen molar-refractivity contribution in [2.45, 2.75) is 31.7 Å². The van der Waals surface area contributed by atoms with Crippen LogP contribution in [0.1, 0.15) is 25.7 Å². The SMILES string of the molecule is [Cl-].[Cl-].[NH3+]C1CCCC1. The molecule has 0 aromatic rings. The monoisotopic (exact) mass is 156 g/mol. The Morgan fingerprint density at radius 2 is 1.38 bits per heavy atom. The summed E-state index contributed by atoms with van der Waals surface area (Å²) in [4.78, 5) is 0. The minimum Gasteiger partial charge on any atom is -1.00 e. The van der Waals surface area contributed by atoms with E-state index in [0.717, 1.165) is 6.04 Å². The van der Waals surface area contributed by atoms with Crippen molar-refractivity contribution in [1.82, 2.24) is 0 Å². The predicted octanol–water partition coefficient (Wildman–Crippen LogP) is -5.82. The van der Waals surface area contributed by atoms with Gasteiger partial charge in [-0.1, -0.05) is 0 Å². The number of hydrogen-bond donors (Lipinski definition) is 1. The normalized spacial score (nSPS) is 19.1. The fourth-order valence-corrected chi connectivity index (χ4v) is 1.01. The molecule has 3 heteroatoms. The van der Waals surface area contributed by atoms with E-state index >= 15 is 0 Å². The van der Waals surface area contributed by atoms with E-state index in [0.29, 0.717) is 0 Å². The van der Waals surface area contributed by atoms with Gasteiger partial charge in [-0.05, 0) is 25.7 Å². The first-order chi connectivity index (χ1) is 2.89. The van der Waals surface area contributed by atoms with E-state index in [4.69, 9.17) is 0 Å². The molecule has 1 nitrogen and oxygen atoms in total. The highest BCUT2D eigenvalue weighted by Gasteiger charge is 2.11. The van der Waals surface area contributed by atoms with Crippen LogP contribution in [0.4, 0.5) is 0 Å². The van der Waals surface area contributed by atoms with Gasteiger partial charge < -0.3 is 30.5 Å². The van der Waals surface area contributed by atoms with Crippen molar-refractivity contribution in [2.75, 3.05) is 0 Å². The fraction of sp³-hybridized carbons (Fsp3) is 1.00. The quantitative estimate of drug-likeness (QED) is 0.363. The van der Waals surface area contributed by atoms with E-state index in [9.17, 15) is 0 Å². The van der Waals surface area contributed by atoms with E-state index in [-0.39, 0.29) is 24.8 Å². The van der Waals surface area contributed by atoms with Gasteiger partial charge in [0.05, 0.1) is 6.04 Å². The van der Waals surface area contributed by atoms with Crippen LogP contribution < -0.4 is 30.5 Å². The van der Waals surface area contributed by atoms with Gasteiger partial charge in [0, 0.05) is 0 Å². The molecule has 0 aliphatic heterocycles. The molecule has 52 valence electrons. The minimum absolute atomic E-state index is 0. The van der Waals surface area contributed by atoms with Gasteiger partial charge in [-0.15, -0.1) is 0 Å². The summed E-state index contributed by atoms with van der Waals surface area (Å²) in [6.45, 7) is 0. The molecule has 0 heterocycles. The van der Waals surface area contributed by atoms with Crippen LogP contribution in [0.25, 0.3) is 0 Å². The van der Waals surface area contributed by atoms with E-state index in [1.54, 1.807) is 0 Å². The minimum atomic E-state index is 0. The van der Waals surface area contributed by atoms with E-state index in [1.165, 1.54) is 25.7 Å². The molecule has 3 N–H and O–H groups in total. The fourth-order valence-electron chi connectivity index (χ4n) is 1.01. The van der Waals surface area contributed by atoms with Gasteiger partial charge >= 0.3 is 0 Å². The summed E-state index contributed by atoms with van der Waals surface area (Å²) in [6.07, 6.45) is 5.60. The summed E-state index contributed by atoms with van der Waals surface area (Å²) in [7, 11) is 0. The third-order valence-electron chi connectivity index (χ3n) is 1.47. The van der Waals surface area contributed by atoms with Crippen LogP contribution in [0.3, 0.4) is 0 Å². The zero-order valence-electron chi connectivity index (χ0n) is 4.87. The lowest BCUT2D eigenvalue weighted by Crippen LogP contribution is -3.00. The summed E-state index contributed by atoms with van der Waals surface area (Å²) in [5.41, 5.74) is 3.94. The molecule has 0 spiro atoms. The van der Waals surface area contributed by atoms with Gasteiger partial charge in [0.1, 0.15) is 0 Å². The smallest absolute Gasteiger partial charge is 0.0843 e. The Morgan fingerprint density at radius 3 is 1.50 bits per heavy atom. The molecular weight excluding hydrogens is 145 g/mol. The summed E-state index contributed by atoms with van der Waals surface area (Å²) in [6, 6.07) is 0.796. The molecule has 0 amide bonds. The van der Waals surface area contributed by atoms with Gasteiger partial charge in [-0.2, -0.15) is 0 Å². The third kappa shape index (κ3) is 3.53. The van der Waals surface area contributed by atoms with Crippen LogP contribution in [0.5, 0.6) is 0 Å². The average molecular weight is 157 g/mol. The van der Waals surface area contributed by atoms with Crippen LogP contribution in [-0.2, 0) is 0 Å². The Balaban J connectivity index is 0. The van der Waals surface area contributed by atoms with E-state index in [1.807, 2.05) is 0 Å². The number of quaternary nitrogens is 1.